The zero-order valence-electron chi connectivity index (χ0n) is 15.4. The van der Waals surface area contributed by atoms with E-state index >= 15 is 0 Å². The number of unbranched alkanes of at least 4 members (excludes halogenated alkanes) is 2. The molecule has 0 aromatic heterocycles. The van der Waals surface area contributed by atoms with Crippen molar-refractivity contribution in [2.24, 2.45) is 5.92 Å². The highest BCUT2D eigenvalue weighted by atomic mass is 16.1. The zero-order valence-corrected chi connectivity index (χ0v) is 15.4. The minimum Gasteiger partial charge on any atom is -0.299 e. The van der Waals surface area contributed by atoms with E-state index in [1.165, 1.54) is 24.0 Å². The molecule has 2 aromatic rings. The standard InChI is InChI=1S/C23H29NO/c1-3-4-7-16-20-22(25)17-21(18-12-8-5-9-13-18)24(2)23(20)19-14-10-6-11-15-19/h5-6,8-15,20-21,23H,3-4,7,16-17H2,1-2H3/t20-,21-,23+/m0/s1. The van der Waals surface area contributed by atoms with E-state index in [1.807, 2.05) is 6.07 Å². The molecular weight excluding hydrogens is 306 g/mol. The average Bonchev–Trinajstić information content (AvgIpc) is 2.66. The topological polar surface area (TPSA) is 20.3 Å². The van der Waals surface area contributed by atoms with E-state index in [0.717, 1.165) is 12.8 Å². The van der Waals surface area contributed by atoms with E-state index in [4.69, 9.17) is 0 Å². The van der Waals surface area contributed by atoms with Crippen LogP contribution >= 0.6 is 0 Å². The largest absolute Gasteiger partial charge is 0.299 e. The van der Waals surface area contributed by atoms with Crippen molar-refractivity contribution >= 4 is 5.78 Å². The summed E-state index contributed by atoms with van der Waals surface area (Å²) in [5, 5.41) is 0. The molecule has 0 N–H and O–H groups in total. The van der Waals surface area contributed by atoms with Gasteiger partial charge in [-0.05, 0) is 24.6 Å². The van der Waals surface area contributed by atoms with E-state index in [9.17, 15) is 4.79 Å². The molecule has 0 aliphatic carbocycles. The summed E-state index contributed by atoms with van der Waals surface area (Å²) in [6.07, 6.45) is 5.16. The lowest BCUT2D eigenvalue weighted by Crippen LogP contribution is -2.43. The van der Waals surface area contributed by atoms with Gasteiger partial charge in [0.15, 0.2) is 0 Å². The van der Waals surface area contributed by atoms with Crippen LogP contribution in [0.4, 0.5) is 0 Å². The van der Waals surface area contributed by atoms with Gasteiger partial charge in [-0.15, -0.1) is 0 Å². The molecule has 2 nitrogen and oxygen atoms in total. The van der Waals surface area contributed by atoms with E-state index in [-0.39, 0.29) is 18.0 Å². The molecule has 1 heterocycles. The molecule has 132 valence electrons. The van der Waals surface area contributed by atoms with Crippen LogP contribution in [0.3, 0.4) is 0 Å². The Balaban J connectivity index is 1.91. The fraction of sp³-hybridized carbons (Fsp3) is 0.435. The number of carbonyl (C=O) groups is 1. The Morgan fingerprint density at radius 3 is 2.12 bits per heavy atom. The number of Topliss-reactive ketones (excluding diaryl/α,β-unsaturated/α-hetero) is 1. The molecule has 0 amide bonds. The number of likely N-dealkylation sites (tertiary alicyclic amines) is 1. The summed E-state index contributed by atoms with van der Waals surface area (Å²) >= 11 is 0. The lowest BCUT2D eigenvalue weighted by molar-refractivity contribution is -0.132. The molecule has 0 spiro atoms. The van der Waals surface area contributed by atoms with Crippen molar-refractivity contribution < 1.29 is 4.79 Å². The maximum atomic E-state index is 13.1. The molecule has 1 saturated heterocycles. The number of ketones is 1. The molecule has 3 atom stereocenters. The van der Waals surface area contributed by atoms with Crippen LogP contribution in [-0.2, 0) is 4.79 Å². The Labute approximate surface area is 151 Å². The second-order valence-corrected chi connectivity index (χ2v) is 7.22. The van der Waals surface area contributed by atoms with Gasteiger partial charge in [0.1, 0.15) is 5.78 Å². The van der Waals surface area contributed by atoms with Crippen LogP contribution in [0.2, 0.25) is 0 Å². The van der Waals surface area contributed by atoms with Gasteiger partial charge in [-0.2, -0.15) is 0 Å². The van der Waals surface area contributed by atoms with Crippen molar-refractivity contribution in [3.05, 3.63) is 71.8 Å². The fourth-order valence-electron chi connectivity index (χ4n) is 4.22. The number of hydrogen-bond donors (Lipinski definition) is 0. The SMILES string of the molecule is CCCCC[C@H]1C(=O)C[C@@H](c2ccccc2)N(C)[C@@H]1c1ccccc1. The summed E-state index contributed by atoms with van der Waals surface area (Å²) in [7, 11) is 2.19. The van der Waals surface area contributed by atoms with E-state index in [0.29, 0.717) is 12.2 Å². The maximum absolute atomic E-state index is 13.1. The number of rotatable bonds is 6. The Bertz CT molecular complexity index is 667. The molecule has 1 aliphatic heterocycles. The zero-order chi connectivity index (χ0) is 17.6. The summed E-state index contributed by atoms with van der Waals surface area (Å²) in [6.45, 7) is 2.22. The highest BCUT2D eigenvalue weighted by molar-refractivity contribution is 5.83. The number of benzene rings is 2. The molecule has 1 aliphatic rings. The Hall–Kier alpha value is -1.93. The first kappa shape index (κ1) is 17.9. The third-order valence-corrected chi connectivity index (χ3v) is 5.56. The Morgan fingerprint density at radius 1 is 0.920 bits per heavy atom. The van der Waals surface area contributed by atoms with Crippen LogP contribution in [-0.4, -0.2) is 17.7 Å². The normalized spacial score (nSPS) is 24.4. The minimum atomic E-state index is 0.110. The quantitative estimate of drug-likeness (QED) is 0.643. The van der Waals surface area contributed by atoms with Gasteiger partial charge in [-0.25, -0.2) is 0 Å². The van der Waals surface area contributed by atoms with Crippen molar-refractivity contribution in [3.8, 4) is 0 Å². The summed E-state index contributed by atoms with van der Waals surface area (Å²) < 4.78 is 0. The third kappa shape index (κ3) is 4.01. The highest BCUT2D eigenvalue weighted by Gasteiger charge is 2.41. The number of piperidine rings is 1. The van der Waals surface area contributed by atoms with Crippen LogP contribution < -0.4 is 0 Å². The summed E-state index contributed by atoms with van der Waals surface area (Å²) in [4.78, 5) is 15.5. The summed E-state index contributed by atoms with van der Waals surface area (Å²) in [6, 6.07) is 21.4. The van der Waals surface area contributed by atoms with Gasteiger partial charge in [-0.3, -0.25) is 9.69 Å². The molecule has 0 radical (unpaired) electrons. The molecule has 2 aromatic carbocycles. The molecule has 0 unspecified atom stereocenters. The number of hydrogen-bond acceptors (Lipinski definition) is 2. The van der Waals surface area contributed by atoms with Gasteiger partial charge >= 0.3 is 0 Å². The number of nitrogens with zero attached hydrogens (tertiary/aromatic N) is 1. The van der Waals surface area contributed by atoms with E-state index < -0.39 is 0 Å². The molecular formula is C23H29NO. The van der Waals surface area contributed by atoms with Gasteiger partial charge in [0.25, 0.3) is 0 Å². The van der Waals surface area contributed by atoms with Crippen LogP contribution in [0.1, 0.15) is 62.2 Å². The van der Waals surface area contributed by atoms with Gasteiger partial charge in [0.05, 0.1) is 0 Å². The second-order valence-electron chi connectivity index (χ2n) is 7.22. The maximum Gasteiger partial charge on any atom is 0.139 e. The van der Waals surface area contributed by atoms with E-state index in [2.05, 4.69) is 73.5 Å². The number of carbonyl (C=O) groups excluding carboxylic acids is 1. The van der Waals surface area contributed by atoms with Crippen LogP contribution in [0, 0.1) is 5.92 Å². The monoisotopic (exact) mass is 335 g/mol. The lowest BCUT2D eigenvalue weighted by Gasteiger charge is -2.44. The second kappa shape index (κ2) is 8.44. The van der Waals surface area contributed by atoms with Crippen molar-refractivity contribution in [1.82, 2.24) is 4.90 Å². The predicted molar refractivity (Wildman–Crippen MR) is 103 cm³/mol. The van der Waals surface area contributed by atoms with Gasteiger partial charge in [0.2, 0.25) is 0 Å². The van der Waals surface area contributed by atoms with Gasteiger partial charge < -0.3 is 0 Å². The van der Waals surface area contributed by atoms with Crippen LogP contribution in [0.5, 0.6) is 0 Å². The highest BCUT2D eigenvalue weighted by Crippen LogP contribution is 2.43. The third-order valence-electron chi connectivity index (χ3n) is 5.56. The summed E-state index contributed by atoms with van der Waals surface area (Å²) in [5.74, 6) is 0.538. The molecule has 1 fully saturated rings. The average molecular weight is 335 g/mol. The molecule has 0 bridgehead atoms. The van der Waals surface area contributed by atoms with Crippen LogP contribution in [0.25, 0.3) is 0 Å². The molecule has 3 rings (SSSR count). The lowest BCUT2D eigenvalue weighted by atomic mass is 9.77. The van der Waals surface area contributed by atoms with Crippen molar-refractivity contribution in [1.29, 1.82) is 0 Å². The van der Waals surface area contributed by atoms with Crippen molar-refractivity contribution in [2.45, 2.75) is 51.1 Å². The first-order valence-electron chi connectivity index (χ1n) is 9.57. The van der Waals surface area contributed by atoms with E-state index in [1.54, 1.807) is 0 Å². The molecule has 0 saturated carbocycles. The minimum absolute atomic E-state index is 0.110. The molecule has 25 heavy (non-hydrogen) atoms. The molecule has 2 heteroatoms. The van der Waals surface area contributed by atoms with Gasteiger partial charge in [-0.1, -0.05) is 86.8 Å². The summed E-state index contributed by atoms with van der Waals surface area (Å²) in [5.41, 5.74) is 2.51. The first-order chi connectivity index (χ1) is 12.2. The smallest absolute Gasteiger partial charge is 0.139 e. The van der Waals surface area contributed by atoms with Gasteiger partial charge in [0, 0.05) is 24.4 Å². The van der Waals surface area contributed by atoms with Crippen molar-refractivity contribution in [2.75, 3.05) is 7.05 Å². The predicted octanol–water partition coefficient (Wildman–Crippen LogP) is 5.57. The Morgan fingerprint density at radius 2 is 1.52 bits per heavy atom. The Kier molecular flexibility index (Phi) is 6.04. The van der Waals surface area contributed by atoms with Crippen molar-refractivity contribution in [3.63, 3.8) is 0 Å². The van der Waals surface area contributed by atoms with Crippen LogP contribution in [0.15, 0.2) is 60.7 Å². The fourth-order valence-corrected chi connectivity index (χ4v) is 4.22. The first-order valence-corrected chi connectivity index (χ1v) is 9.57.